The number of rotatable bonds is 2. The van der Waals surface area contributed by atoms with Crippen molar-refractivity contribution in [2.24, 2.45) is 0 Å². The van der Waals surface area contributed by atoms with Gasteiger partial charge in [-0.2, -0.15) is 4.98 Å². The summed E-state index contributed by atoms with van der Waals surface area (Å²) in [6.45, 7) is -1.67. The number of anilines is 1. The molecule has 5 N–H and O–H groups in total. The lowest BCUT2D eigenvalue weighted by Gasteiger charge is -2.26. The Morgan fingerprint density at radius 1 is 1.62 bits per heavy atom. The second-order valence-electron chi connectivity index (χ2n) is 4.46. The summed E-state index contributed by atoms with van der Waals surface area (Å²) in [4.78, 5) is 15.3. The van der Waals surface area contributed by atoms with Crippen LogP contribution in [0.15, 0.2) is 17.1 Å². The molecule has 0 bridgehead atoms. The Morgan fingerprint density at radius 2 is 2.33 bits per heavy atom. The molecule has 1 aromatic heterocycles. The number of aliphatic hydroxyl groups excluding tert-OH is 2. The van der Waals surface area contributed by atoms with Crippen molar-refractivity contribution in [1.82, 2.24) is 9.55 Å². The Bertz CT molecular complexity index is 640. The molecule has 2 rings (SSSR count). The summed E-state index contributed by atoms with van der Waals surface area (Å²) in [5.41, 5.74) is 2.26. The van der Waals surface area contributed by atoms with E-state index >= 15 is 0 Å². The topological polar surface area (TPSA) is 131 Å². The van der Waals surface area contributed by atoms with Crippen molar-refractivity contribution >= 4 is 5.82 Å². The van der Waals surface area contributed by atoms with Crippen LogP contribution >= 0.6 is 0 Å². The molecule has 21 heavy (non-hydrogen) atoms. The predicted octanol–water partition coefficient (Wildman–Crippen LogP) is -2.22. The van der Waals surface area contributed by atoms with Crippen molar-refractivity contribution in [2.45, 2.75) is 24.0 Å². The van der Waals surface area contributed by atoms with E-state index in [1.54, 1.807) is 0 Å². The normalized spacial score (nSPS) is 31.7. The lowest BCUT2D eigenvalue weighted by atomic mass is 9.94. The monoisotopic (exact) mass is 299 g/mol. The van der Waals surface area contributed by atoms with Crippen LogP contribution in [0, 0.1) is 11.8 Å². The number of alkyl halides is 1. The molecule has 0 amide bonds. The minimum Gasteiger partial charge on any atom is -0.394 e. The van der Waals surface area contributed by atoms with Crippen molar-refractivity contribution in [3.05, 3.63) is 22.7 Å². The fraction of sp³-hybridized carbons (Fsp3) is 0.500. The Balaban J connectivity index is 2.51. The van der Waals surface area contributed by atoms with Crippen molar-refractivity contribution in [3.63, 3.8) is 0 Å². The van der Waals surface area contributed by atoms with Gasteiger partial charge < -0.3 is 25.8 Å². The lowest BCUT2D eigenvalue weighted by molar-refractivity contribution is -0.0764. The molecular weight excluding hydrogens is 285 g/mol. The van der Waals surface area contributed by atoms with Crippen molar-refractivity contribution < 1.29 is 24.4 Å². The minimum atomic E-state index is -2.26. The minimum absolute atomic E-state index is 0.0353. The highest BCUT2D eigenvalue weighted by atomic mass is 19.1. The Labute approximate surface area is 118 Å². The molecule has 4 atom stereocenters. The number of nitrogens with zero attached hydrogens (tertiary/aromatic N) is 2. The average Bonchev–Trinajstić information content (AvgIpc) is 2.70. The van der Waals surface area contributed by atoms with Crippen LogP contribution in [0.3, 0.4) is 0 Å². The van der Waals surface area contributed by atoms with Crippen LogP contribution in [-0.2, 0) is 4.74 Å². The van der Waals surface area contributed by atoms with Crippen LogP contribution in [-0.4, -0.2) is 56.0 Å². The number of aromatic nitrogens is 2. The summed E-state index contributed by atoms with van der Waals surface area (Å²) in [5, 5.41) is 29.6. The fourth-order valence-electron chi connectivity index (χ4n) is 2.11. The highest BCUT2D eigenvalue weighted by Crippen LogP contribution is 2.37. The Kier molecular flexibility index (Phi) is 4.24. The van der Waals surface area contributed by atoms with Gasteiger partial charge in [0.05, 0.1) is 6.61 Å². The number of nitrogens with two attached hydrogens (primary N) is 1. The van der Waals surface area contributed by atoms with Gasteiger partial charge in [-0.1, -0.05) is 11.8 Å². The molecule has 1 aromatic rings. The van der Waals surface area contributed by atoms with Gasteiger partial charge in [0.1, 0.15) is 24.7 Å². The van der Waals surface area contributed by atoms with Crippen molar-refractivity contribution in [1.29, 1.82) is 0 Å². The number of halogens is 1. The third-order valence-electron chi connectivity index (χ3n) is 3.12. The number of hydrogen-bond acceptors (Lipinski definition) is 7. The summed E-state index contributed by atoms with van der Waals surface area (Å²) in [6.07, 6.45) is -3.07. The van der Waals surface area contributed by atoms with E-state index in [9.17, 15) is 19.4 Å². The van der Waals surface area contributed by atoms with Gasteiger partial charge in [-0.3, -0.25) is 4.57 Å². The summed E-state index contributed by atoms with van der Waals surface area (Å²) in [5.74, 6) is 4.09. The molecule has 0 spiro atoms. The van der Waals surface area contributed by atoms with E-state index in [1.165, 1.54) is 12.3 Å². The van der Waals surface area contributed by atoms with Crippen LogP contribution in [0.25, 0.3) is 0 Å². The summed E-state index contributed by atoms with van der Waals surface area (Å²) in [7, 11) is 0. The first-order valence-corrected chi connectivity index (χ1v) is 6.01. The van der Waals surface area contributed by atoms with E-state index in [4.69, 9.17) is 15.6 Å². The van der Waals surface area contributed by atoms with Gasteiger partial charge in [-0.15, -0.1) is 0 Å². The van der Waals surface area contributed by atoms with Gasteiger partial charge in [0.15, 0.2) is 11.8 Å². The number of hydrogen-bond donors (Lipinski definition) is 4. The number of ether oxygens (including phenoxy) is 1. The molecule has 0 aliphatic carbocycles. The standard InChI is InChI=1S/C12H14FN3O5/c13-4-1-3-12(20)9(18)7(6-17)21-10(12)16-5-2-8(14)15-11(16)19/h2,5,7,9-10,17-18,20H,4,6H2,(H2,14,15,19)/t7-,9?,10-,12-/m1/s1. The molecule has 1 saturated heterocycles. The molecule has 1 aliphatic rings. The van der Waals surface area contributed by atoms with E-state index in [1.807, 2.05) is 5.92 Å². The quantitative estimate of drug-likeness (QED) is 0.455. The molecule has 0 radical (unpaired) electrons. The zero-order chi connectivity index (χ0) is 15.6. The fourth-order valence-corrected chi connectivity index (χ4v) is 2.11. The first-order chi connectivity index (χ1) is 9.93. The highest BCUT2D eigenvalue weighted by Gasteiger charge is 2.55. The molecule has 2 heterocycles. The average molecular weight is 299 g/mol. The third kappa shape index (κ3) is 2.62. The Hall–Kier alpha value is -1.99. The van der Waals surface area contributed by atoms with E-state index < -0.39 is 43.0 Å². The summed E-state index contributed by atoms with van der Waals surface area (Å²) < 4.78 is 18.3. The van der Waals surface area contributed by atoms with Gasteiger partial charge >= 0.3 is 5.69 Å². The molecular formula is C12H14FN3O5. The Morgan fingerprint density at radius 3 is 2.90 bits per heavy atom. The first kappa shape index (κ1) is 15.4. The predicted molar refractivity (Wildman–Crippen MR) is 68.6 cm³/mol. The first-order valence-electron chi connectivity index (χ1n) is 6.01. The SMILES string of the molecule is Nc1ccn([C@@H]2O[C@H](CO)C(O)[C@]2(O)C#CCF)c(=O)n1. The second kappa shape index (κ2) is 5.79. The van der Waals surface area contributed by atoms with Gasteiger partial charge in [0, 0.05) is 6.20 Å². The van der Waals surface area contributed by atoms with E-state index in [-0.39, 0.29) is 5.82 Å². The molecule has 0 aromatic carbocycles. The lowest BCUT2D eigenvalue weighted by Crippen LogP contribution is -2.47. The van der Waals surface area contributed by atoms with E-state index in [0.29, 0.717) is 0 Å². The van der Waals surface area contributed by atoms with Crippen LogP contribution in [0.4, 0.5) is 10.2 Å². The van der Waals surface area contributed by atoms with Gasteiger partial charge in [-0.25, -0.2) is 9.18 Å². The molecule has 1 fully saturated rings. The van der Waals surface area contributed by atoms with Crippen molar-refractivity contribution in [2.75, 3.05) is 19.0 Å². The van der Waals surface area contributed by atoms with E-state index in [2.05, 4.69) is 10.9 Å². The maximum Gasteiger partial charge on any atom is 0.351 e. The summed E-state index contributed by atoms with van der Waals surface area (Å²) >= 11 is 0. The molecule has 8 nitrogen and oxygen atoms in total. The number of nitrogen functional groups attached to an aromatic ring is 1. The number of aliphatic hydroxyl groups is 3. The van der Waals surface area contributed by atoms with Crippen LogP contribution in [0.5, 0.6) is 0 Å². The van der Waals surface area contributed by atoms with Gasteiger partial charge in [-0.05, 0) is 6.07 Å². The van der Waals surface area contributed by atoms with E-state index in [0.717, 1.165) is 4.57 Å². The van der Waals surface area contributed by atoms with Crippen LogP contribution in [0.2, 0.25) is 0 Å². The molecule has 114 valence electrons. The largest absolute Gasteiger partial charge is 0.394 e. The highest BCUT2D eigenvalue weighted by molar-refractivity contribution is 5.26. The maximum atomic E-state index is 12.2. The zero-order valence-electron chi connectivity index (χ0n) is 10.8. The zero-order valence-corrected chi connectivity index (χ0v) is 10.8. The smallest absolute Gasteiger partial charge is 0.351 e. The van der Waals surface area contributed by atoms with Crippen molar-refractivity contribution in [3.8, 4) is 11.8 Å². The molecule has 1 unspecified atom stereocenters. The van der Waals surface area contributed by atoms with Crippen LogP contribution in [0.1, 0.15) is 6.23 Å². The van der Waals surface area contributed by atoms with Gasteiger partial charge in [0.2, 0.25) is 0 Å². The second-order valence-corrected chi connectivity index (χ2v) is 4.46. The van der Waals surface area contributed by atoms with Gasteiger partial charge in [0.25, 0.3) is 0 Å². The molecule has 9 heteroatoms. The maximum absolute atomic E-state index is 12.2. The third-order valence-corrected chi connectivity index (χ3v) is 3.12. The molecule has 1 aliphatic heterocycles. The summed E-state index contributed by atoms with van der Waals surface area (Å²) in [6, 6.07) is 1.28. The molecule has 0 saturated carbocycles. The van der Waals surface area contributed by atoms with Crippen LogP contribution < -0.4 is 11.4 Å².